The molecule has 0 spiro atoms. The third-order valence-corrected chi connectivity index (χ3v) is 3.94. The first-order chi connectivity index (χ1) is 13.0. The Morgan fingerprint density at radius 2 is 1.85 bits per heavy atom. The Hall–Kier alpha value is -3.66. The van der Waals surface area contributed by atoms with Crippen LogP contribution in [-0.4, -0.2) is 22.2 Å². The number of amides is 1. The highest BCUT2D eigenvalue weighted by Gasteiger charge is 2.11. The Morgan fingerprint density at radius 1 is 1.15 bits per heavy atom. The van der Waals surface area contributed by atoms with Crippen molar-refractivity contribution in [2.75, 3.05) is 17.2 Å². The Balaban J connectivity index is 1.63. The van der Waals surface area contributed by atoms with E-state index >= 15 is 0 Å². The van der Waals surface area contributed by atoms with E-state index in [-0.39, 0.29) is 12.5 Å². The normalized spacial score (nSPS) is 10.3. The summed E-state index contributed by atoms with van der Waals surface area (Å²) in [4.78, 5) is 12.1. The van der Waals surface area contributed by atoms with E-state index in [9.17, 15) is 9.18 Å². The second kappa shape index (κ2) is 7.70. The van der Waals surface area contributed by atoms with Crippen LogP contribution in [0.3, 0.4) is 0 Å². The fourth-order valence-electron chi connectivity index (χ4n) is 2.68. The molecular formula is C20H18FN5O. The van der Waals surface area contributed by atoms with Gasteiger partial charge in [0, 0.05) is 17.1 Å². The average molecular weight is 363 g/mol. The molecule has 27 heavy (non-hydrogen) atoms. The van der Waals surface area contributed by atoms with Crippen molar-refractivity contribution in [1.29, 1.82) is 5.26 Å². The third kappa shape index (κ3) is 4.30. The third-order valence-electron chi connectivity index (χ3n) is 3.94. The molecule has 1 heterocycles. The quantitative estimate of drug-likeness (QED) is 0.726. The Labute approximate surface area is 156 Å². The van der Waals surface area contributed by atoms with Crippen LogP contribution in [0.15, 0.2) is 48.5 Å². The second-order valence-corrected chi connectivity index (χ2v) is 6.10. The van der Waals surface area contributed by atoms with Crippen molar-refractivity contribution < 1.29 is 9.18 Å². The lowest BCUT2D eigenvalue weighted by Gasteiger charge is -2.10. The van der Waals surface area contributed by atoms with Crippen molar-refractivity contribution in [3.63, 3.8) is 0 Å². The van der Waals surface area contributed by atoms with Crippen LogP contribution in [-0.2, 0) is 4.79 Å². The molecule has 0 aliphatic carbocycles. The van der Waals surface area contributed by atoms with Crippen molar-refractivity contribution in [2.45, 2.75) is 13.8 Å². The number of nitriles is 1. The van der Waals surface area contributed by atoms with E-state index in [1.54, 1.807) is 36.4 Å². The fourth-order valence-corrected chi connectivity index (χ4v) is 2.68. The SMILES string of the molecule is Cc1cc(C)n(-c2ccc(NC(=O)CNc3ccc(C#N)cc3)cc2F)n1. The van der Waals surface area contributed by atoms with Crippen LogP contribution in [0.25, 0.3) is 5.69 Å². The average Bonchev–Trinajstić information content (AvgIpc) is 2.98. The van der Waals surface area contributed by atoms with E-state index < -0.39 is 5.82 Å². The minimum Gasteiger partial charge on any atom is -0.376 e. The largest absolute Gasteiger partial charge is 0.376 e. The molecular weight excluding hydrogens is 345 g/mol. The fraction of sp³-hybridized carbons (Fsp3) is 0.150. The highest BCUT2D eigenvalue weighted by atomic mass is 19.1. The van der Waals surface area contributed by atoms with Crippen LogP contribution in [0.4, 0.5) is 15.8 Å². The van der Waals surface area contributed by atoms with E-state index in [0.717, 1.165) is 17.1 Å². The van der Waals surface area contributed by atoms with Gasteiger partial charge in [0.15, 0.2) is 5.82 Å². The number of rotatable bonds is 5. The smallest absolute Gasteiger partial charge is 0.243 e. The molecule has 0 saturated heterocycles. The lowest BCUT2D eigenvalue weighted by Crippen LogP contribution is -2.21. The molecule has 136 valence electrons. The predicted octanol–water partition coefficient (Wildman–Crippen LogP) is 3.55. The Bertz CT molecular complexity index is 1020. The van der Waals surface area contributed by atoms with E-state index in [4.69, 9.17) is 5.26 Å². The molecule has 0 aliphatic rings. The standard InChI is InChI=1S/C20H18FN5O/c1-13-9-14(2)26(25-13)19-8-7-17(10-18(19)21)24-20(27)12-23-16-5-3-15(11-22)4-6-16/h3-10,23H,12H2,1-2H3,(H,24,27). The van der Waals surface area contributed by atoms with Gasteiger partial charge in [-0.15, -0.1) is 0 Å². The zero-order chi connectivity index (χ0) is 19.4. The van der Waals surface area contributed by atoms with Crippen molar-refractivity contribution in [1.82, 2.24) is 9.78 Å². The molecule has 1 aromatic heterocycles. The predicted molar refractivity (Wildman–Crippen MR) is 101 cm³/mol. The molecule has 2 aromatic carbocycles. The number of halogens is 1. The Kier molecular flexibility index (Phi) is 5.18. The highest BCUT2D eigenvalue weighted by Crippen LogP contribution is 2.20. The first kappa shape index (κ1) is 18.1. The minimum absolute atomic E-state index is 0.0206. The number of carbonyl (C=O) groups is 1. The van der Waals surface area contributed by atoms with Gasteiger partial charge in [-0.25, -0.2) is 9.07 Å². The summed E-state index contributed by atoms with van der Waals surface area (Å²) in [5.74, 6) is -0.781. The summed E-state index contributed by atoms with van der Waals surface area (Å²) in [6.45, 7) is 3.72. The van der Waals surface area contributed by atoms with Crippen LogP contribution < -0.4 is 10.6 Å². The minimum atomic E-state index is -0.473. The number of anilines is 2. The molecule has 0 aliphatic heterocycles. The number of aromatic nitrogens is 2. The maximum absolute atomic E-state index is 14.4. The number of hydrogen-bond donors (Lipinski definition) is 2. The molecule has 3 aromatic rings. The zero-order valence-electron chi connectivity index (χ0n) is 15.0. The summed E-state index contributed by atoms with van der Waals surface area (Å²) in [5.41, 5.74) is 3.59. The zero-order valence-corrected chi connectivity index (χ0v) is 15.0. The van der Waals surface area contributed by atoms with Crippen LogP contribution >= 0.6 is 0 Å². The van der Waals surface area contributed by atoms with Gasteiger partial charge in [-0.3, -0.25) is 4.79 Å². The van der Waals surface area contributed by atoms with Crippen LogP contribution in [0.5, 0.6) is 0 Å². The second-order valence-electron chi connectivity index (χ2n) is 6.10. The molecule has 1 amide bonds. The summed E-state index contributed by atoms with van der Waals surface area (Å²) in [7, 11) is 0. The van der Waals surface area contributed by atoms with Gasteiger partial charge in [0.05, 0.1) is 23.9 Å². The maximum atomic E-state index is 14.4. The van der Waals surface area contributed by atoms with Gasteiger partial charge in [0.1, 0.15) is 5.69 Å². The van der Waals surface area contributed by atoms with E-state index in [2.05, 4.69) is 15.7 Å². The van der Waals surface area contributed by atoms with Gasteiger partial charge < -0.3 is 10.6 Å². The van der Waals surface area contributed by atoms with Crippen LogP contribution in [0.1, 0.15) is 17.0 Å². The number of hydrogen-bond acceptors (Lipinski definition) is 4. The van der Waals surface area contributed by atoms with Gasteiger partial charge in [-0.2, -0.15) is 10.4 Å². The summed E-state index contributed by atoms with van der Waals surface area (Å²) < 4.78 is 16.0. The summed E-state index contributed by atoms with van der Waals surface area (Å²) in [5, 5.41) is 18.6. The summed E-state index contributed by atoms with van der Waals surface area (Å²) >= 11 is 0. The first-order valence-corrected chi connectivity index (χ1v) is 8.33. The molecule has 2 N–H and O–H groups in total. The van der Waals surface area contributed by atoms with E-state index in [1.807, 2.05) is 26.0 Å². The molecule has 6 nitrogen and oxygen atoms in total. The molecule has 0 unspecified atom stereocenters. The van der Waals surface area contributed by atoms with Crippen LogP contribution in [0.2, 0.25) is 0 Å². The number of carbonyl (C=O) groups excluding carboxylic acids is 1. The molecule has 3 rings (SSSR count). The van der Waals surface area contributed by atoms with Gasteiger partial charge in [0.2, 0.25) is 5.91 Å². The first-order valence-electron chi connectivity index (χ1n) is 8.33. The lowest BCUT2D eigenvalue weighted by atomic mass is 10.2. The van der Waals surface area contributed by atoms with Crippen molar-refractivity contribution in [3.05, 3.63) is 71.3 Å². The van der Waals surface area contributed by atoms with Crippen molar-refractivity contribution in [2.24, 2.45) is 0 Å². The maximum Gasteiger partial charge on any atom is 0.243 e. The van der Waals surface area contributed by atoms with Crippen molar-refractivity contribution >= 4 is 17.3 Å². The number of aryl methyl sites for hydroxylation is 2. The molecule has 0 bridgehead atoms. The molecule has 0 saturated carbocycles. The molecule has 0 fully saturated rings. The Morgan fingerprint density at radius 3 is 2.44 bits per heavy atom. The molecule has 7 heteroatoms. The molecule has 0 atom stereocenters. The molecule has 0 radical (unpaired) electrons. The number of benzene rings is 2. The van der Waals surface area contributed by atoms with E-state index in [0.29, 0.717) is 16.9 Å². The topological polar surface area (TPSA) is 82.7 Å². The number of nitrogens with one attached hydrogen (secondary N) is 2. The van der Waals surface area contributed by atoms with Gasteiger partial charge >= 0.3 is 0 Å². The monoisotopic (exact) mass is 363 g/mol. The number of nitrogens with zero attached hydrogens (tertiary/aromatic N) is 3. The van der Waals surface area contributed by atoms with Gasteiger partial charge in [-0.05, 0) is 62.4 Å². The van der Waals surface area contributed by atoms with Crippen LogP contribution in [0, 0.1) is 31.0 Å². The summed E-state index contributed by atoms with van der Waals surface area (Å²) in [6, 6.07) is 15.1. The van der Waals surface area contributed by atoms with Gasteiger partial charge in [0.25, 0.3) is 0 Å². The highest BCUT2D eigenvalue weighted by molar-refractivity contribution is 5.93. The van der Waals surface area contributed by atoms with Crippen molar-refractivity contribution in [3.8, 4) is 11.8 Å². The lowest BCUT2D eigenvalue weighted by molar-refractivity contribution is -0.114. The van der Waals surface area contributed by atoms with Gasteiger partial charge in [-0.1, -0.05) is 0 Å². The van der Waals surface area contributed by atoms with E-state index in [1.165, 1.54) is 10.7 Å². The summed E-state index contributed by atoms with van der Waals surface area (Å²) in [6.07, 6.45) is 0.